The zero-order chi connectivity index (χ0) is 20.6. The third kappa shape index (κ3) is 6.07. The van der Waals surface area contributed by atoms with Gasteiger partial charge < -0.3 is 20.6 Å². The van der Waals surface area contributed by atoms with Gasteiger partial charge in [0.15, 0.2) is 0 Å². The standard InChI is InChI=1S/C22H25N3O4/c26-20(27)13-10-16-8-11-19(12-9-16)23-21(28)17-5-4-14-25(15-17)22(29)24-18-6-2-1-3-7-18/h1-3,6-9,11-12,17H,4-5,10,13-15H2,(H,23,28)(H,24,29)(H,26,27). The lowest BCUT2D eigenvalue weighted by molar-refractivity contribution is -0.137. The Morgan fingerprint density at radius 2 is 1.66 bits per heavy atom. The summed E-state index contributed by atoms with van der Waals surface area (Å²) in [4.78, 5) is 37.5. The van der Waals surface area contributed by atoms with Crippen LogP contribution in [0.4, 0.5) is 16.2 Å². The molecule has 3 amide bonds. The number of para-hydroxylation sites is 1. The Balaban J connectivity index is 1.52. The number of anilines is 2. The van der Waals surface area contributed by atoms with E-state index in [2.05, 4.69) is 10.6 Å². The largest absolute Gasteiger partial charge is 0.481 e. The number of hydrogen-bond donors (Lipinski definition) is 3. The highest BCUT2D eigenvalue weighted by molar-refractivity contribution is 5.94. The molecule has 1 saturated heterocycles. The second-order valence-corrected chi connectivity index (χ2v) is 7.16. The molecule has 1 aliphatic rings. The number of carboxylic acid groups (broad SMARTS) is 1. The van der Waals surface area contributed by atoms with Crippen molar-refractivity contribution in [2.75, 3.05) is 23.7 Å². The minimum absolute atomic E-state index is 0.0780. The van der Waals surface area contributed by atoms with Gasteiger partial charge in [-0.15, -0.1) is 0 Å². The first kappa shape index (κ1) is 20.4. The molecule has 1 fully saturated rings. The Morgan fingerprint density at radius 3 is 2.34 bits per heavy atom. The van der Waals surface area contributed by atoms with Gasteiger partial charge in [0, 0.05) is 30.9 Å². The number of aliphatic carboxylic acids is 1. The third-order valence-electron chi connectivity index (χ3n) is 4.95. The number of likely N-dealkylation sites (tertiary alicyclic amines) is 1. The van der Waals surface area contributed by atoms with Gasteiger partial charge in [0.1, 0.15) is 0 Å². The van der Waals surface area contributed by atoms with Crippen LogP contribution in [0.1, 0.15) is 24.8 Å². The summed E-state index contributed by atoms with van der Waals surface area (Å²) in [5.74, 6) is -1.21. The van der Waals surface area contributed by atoms with Crippen molar-refractivity contribution in [1.29, 1.82) is 0 Å². The van der Waals surface area contributed by atoms with Crippen molar-refractivity contribution in [2.45, 2.75) is 25.7 Å². The molecule has 0 aromatic heterocycles. The summed E-state index contributed by atoms with van der Waals surface area (Å²) < 4.78 is 0. The summed E-state index contributed by atoms with van der Waals surface area (Å²) in [5, 5.41) is 14.5. The number of benzene rings is 2. The molecule has 3 rings (SSSR count). The third-order valence-corrected chi connectivity index (χ3v) is 4.95. The minimum atomic E-state index is -0.833. The number of nitrogens with one attached hydrogen (secondary N) is 2. The Bertz CT molecular complexity index is 852. The Hall–Kier alpha value is -3.35. The molecular weight excluding hydrogens is 370 g/mol. The molecule has 1 heterocycles. The molecule has 0 spiro atoms. The quantitative estimate of drug-likeness (QED) is 0.696. The number of rotatable bonds is 6. The van der Waals surface area contributed by atoms with Crippen LogP contribution in [0, 0.1) is 5.92 Å². The number of carbonyl (C=O) groups is 3. The van der Waals surface area contributed by atoms with E-state index >= 15 is 0 Å². The van der Waals surface area contributed by atoms with E-state index in [1.165, 1.54) is 0 Å². The fourth-order valence-corrected chi connectivity index (χ4v) is 3.35. The van der Waals surface area contributed by atoms with Crippen LogP contribution < -0.4 is 10.6 Å². The highest BCUT2D eigenvalue weighted by atomic mass is 16.4. The molecule has 29 heavy (non-hydrogen) atoms. The number of aryl methyl sites for hydroxylation is 1. The van der Waals surface area contributed by atoms with E-state index in [0.29, 0.717) is 25.2 Å². The molecule has 7 nitrogen and oxygen atoms in total. The van der Waals surface area contributed by atoms with E-state index in [4.69, 9.17) is 5.11 Å². The van der Waals surface area contributed by atoms with Crippen LogP contribution in [-0.4, -0.2) is 41.0 Å². The summed E-state index contributed by atoms with van der Waals surface area (Å²) >= 11 is 0. The van der Waals surface area contributed by atoms with E-state index in [-0.39, 0.29) is 24.3 Å². The van der Waals surface area contributed by atoms with Crippen LogP contribution in [0.15, 0.2) is 54.6 Å². The number of amides is 3. The van der Waals surface area contributed by atoms with Crippen molar-refractivity contribution in [3.8, 4) is 0 Å². The smallest absolute Gasteiger partial charge is 0.321 e. The second kappa shape index (κ2) is 9.73. The van der Waals surface area contributed by atoms with Gasteiger partial charge in [0.05, 0.1) is 5.92 Å². The second-order valence-electron chi connectivity index (χ2n) is 7.16. The van der Waals surface area contributed by atoms with Crippen molar-refractivity contribution in [3.63, 3.8) is 0 Å². The maximum absolute atomic E-state index is 12.6. The molecule has 0 aliphatic carbocycles. The molecule has 152 valence electrons. The van der Waals surface area contributed by atoms with E-state index < -0.39 is 5.97 Å². The molecule has 0 saturated carbocycles. The van der Waals surface area contributed by atoms with Crippen molar-refractivity contribution < 1.29 is 19.5 Å². The zero-order valence-corrected chi connectivity index (χ0v) is 16.1. The Labute approximate surface area is 169 Å². The molecular formula is C22H25N3O4. The Kier molecular flexibility index (Phi) is 6.84. The molecule has 0 bridgehead atoms. The van der Waals surface area contributed by atoms with Crippen LogP contribution >= 0.6 is 0 Å². The van der Waals surface area contributed by atoms with Gasteiger partial charge in [-0.2, -0.15) is 0 Å². The molecule has 3 N–H and O–H groups in total. The average molecular weight is 395 g/mol. The first-order valence-corrected chi connectivity index (χ1v) is 9.74. The average Bonchev–Trinajstić information content (AvgIpc) is 2.74. The first-order chi connectivity index (χ1) is 14.0. The van der Waals surface area contributed by atoms with E-state index in [1.54, 1.807) is 17.0 Å². The lowest BCUT2D eigenvalue weighted by Crippen LogP contribution is -2.45. The van der Waals surface area contributed by atoms with Crippen molar-refractivity contribution in [2.24, 2.45) is 5.92 Å². The predicted octanol–water partition coefficient (Wildman–Crippen LogP) is 3.59. The van der Waals surface area contributed by atoms with Gasteiger partial charge in [-0.1, -0.05) is 30.3 Å². The molecule has 1 atom stereocenters. The van der Waals surface area contributed by atoms with E-state index in [9.17, 15) is 14.4 Å². The summed E-state index contributed by atoms with van der Waals surface area (Å²) in [6.45, 7) is 1.00. The molecule has 1 unspecified atom stereocenters. The predicted molar refractivity (Wildman–Crippen MR) is 111 cm³/mol. The Morgan fingerprint density at radius 1 is 0.966 bits per heavy atom. The van der Waals surface area contributed by atoms with Crippen LogP contribution in [-0.2, 0) is 16.0 Å². The minimum Gasteiger partial charge on any atom is -0.481 e. The fourth-order valence-electron chi connectivity index (χ4n) is 3.35. The molecule has 0 radical (unpaired) electrons. The summed E-state index contributed by atoms with van der Waals surface area (Å²) in [6.07, 6.45) is 2.04. The maximum Gasteiger partial charge on any atom is 0.321 e. The number of hydrogen-bond acceptors (Lipinski definition) is 3. The first-order valence-electron chi connectivity index (χ1n) is 9.74. The number of nitrogens with zero attached hydrogens (tertiary/aromatic N) is 1. The van der Waals surface area contributed by atoms with Crippen LogP contribution in [0.2, 0.25) is 0 Å². The highest BCUT2D eigenvalue weighted by Gasteiger charge is 2.28. The number of piperidine rings is 1. The van der Waals surface area contributed by atoms with Crippen LogP contribution in [0.3, 0.4) is 0 Å². The lowest BCUT2D eigenvalue weighted by Gasteiger charge is -2.32. The van der Waals surface area contributed by atoms with Gasteiger partial charge in [-0.3, -0.25) is 9.59 Å². The fraction of sp³-hybridized carbons (Fsp3) is 0.318. The van der Waals surface area contributed by atoms with Gasteiger partial charge in [0.2, 0.25) is 5.91 Å². The number of urea groups is 1. The van der Waals surface area contributed by atoms with Crippen molar-refractivity contribution in [3.05, 3.63) is 60.2 Å². The molecule has 2 aromatic rings. The zero-order valence-electron chi connectivity index (χ0n) is 16.1. The van der Waals surface area contributed by atoms with Gasteiger partial charge >= 0.3 is 12.0 Å². The molecule has 1 aliphatic heterocycles. The number of carbonyl (C=O) groups excluding carboxylic acids is 2. The number of carboxylic acids is 1. The topological polar surface area (TPSA) is 98.7 Å². The normalized spacial score (nSPS) is 16.1. The maximum atomic E-state index is 12.6. The van der Waals surface area contributed by atoms with Gasteiger partial charge in [-0.05, 0) is 49.1 Å². The van der Waals surface area contributed by atoms with Gasteiger partial charge in [0.25, 0.3) is 0 Å². The van der Waals surface area contributed by atoms with Crippen molar-refractivity contribution >= 4 is 29.3 Å². The monoisotopic (exact) mass is 395 g/mol. The van der Waals surface area contributed by atoms with Crippen LogP contribution in [0.5, 0.6) is 0 Å². The van der Waals surface area contributed by atoms with Gasteiger partial charge in [-0.25, -0.2) is 4.79 Å². The SMILES string of the molecule is O=C(O)CCc1ccc(NC(=O)C2CCCN(C(=O)Nc3ccccc3)C2)cc1. The summed E-state index contributed by atoms with van der Waals surface area (Å²) in [5.41, 5.74) is 2.30. The molecule has 2 aromatic carbocycles. The summed E-state index contributed by atoms with van der Waals surface area (Å²) in [7, 11) is 0. The van der Waals surface area contributed by atoms with Crippen LogP contribution in [0.25, 0.3) is 0 Å². The lowest BCUT2D eigenvalue weighted by atomic mass is 9.97. The van der Waals surface area contributed by atoms with E-state index in [1.807, 2.05) is 42.5 Å². The van der Waals surface area contributed by atoms with Crippen molar-refractivity contribution in [1.82, 2.24) is 4.90 Å². The van der Waals surface area contributed by atoms with E-state index in [0.717, 1.165) is 24.1 Å². The highest BCUT2D eigenvalue weighted by Crippen LogP contribution is 2.20. The molecule has 7 heteroatoms. The summed E-state index contributed by atoms with van der Waals surface area (Å²) in [6, 6.07) is 16.2.